The maximum atomic E-state index is 6.11. The minimum atomic E-state index is 0.583. The quantitative estimate of drug-likeness (QED) is 0.748. The zero-order valence-corrected chi connectivity index (χ0v) is 13.2. The first-order valence-corrected chi connectivity index (χ1v) is 7.92. The molecule has 21 heavy (non-hydrogen) atoms. The van der Waals surface area contributed by atoms with Crippen molar-refractivity contribution in [3.63, 3.8) is 0 Å². The number of hydrogen-bond acceptors (Lipinski definition) is 4. The highest BCUT2D eigenvalue weighted by molar-refractivity contribution is 5.46. The van der Waals surface area contributed by atoms with Crippen LogP contribution in [0.3, 0.4) is 0 Å². The van der Waals surface area contributed by atoms with Crippen molar-refractivity contribution in [3.8, 4) is 11.5 Å². The van der Waals surface area contributed by atoms with Crippen molar-refractivity contribution < 1.29 is 14.2 Å². The van der Waals surface area contributed by atoms with E-state index in [1.165, 1.54) is 0 Å². The molecule has 0 amide bonds. The molecule has 1 aliphatic heterocycles. The van der Waals surface area contributed by atoms with Gasteiger partial charge < -0.3 is 19.5 Å². The van der Waals surface area contributed by atoms with Crippen LogP contribution in [-0.2, 0) is 11.3 Å². The lowest BCUT2D eigenvalue weighted by molar-refractivity contribution is 0.0492. The molecule has 1 heterocycles. The molecule has 1 aromatic rings. The first-order valence-electron chi connectivity index (χ1n) is 7.92. The van der Waals surface area contributed by atoms with Crippen molar-refractivity contribution in [1.29, 1.82) is 0 Å². The van der Waals surface area contributed by atoms with Gasteiger partial charge in [0.2, 0.25) is 0 Å². The second kappa shape index (κ2) is 8.90. The number of methoxy groups -OCH3 is 1. The molecule has 0 radical (unpaired) electrons. The Labute approximate surface area is 127 Å². The highest BCUT2D eigenvalue weighted by atomic mass is 16.5. The molecule has 0 atom stereocenters. The van der Waals surface area contributed by atoms with Crippen LogP contribution in [0.1, 0.15) is 31.7 Å². The molecule has 0 saturated carbocycles. The number of nitrogens with one attached hydrogen (secondary N) is 1. The van der Waals surface area contributed by atoms with Crippen LogP contribution in [0.5, 0.6) is 11.5 Å². The van der Waals surface area contributed by atoms with Crippen molar-refractivity contribution in [2.24, 2.45) is 5.92 Å². The minimum Gasteiger partial charge on any atom is -0.493 e. The molecule has 118 valence electrons. The molecule has 0 spiro atoms. The number of hydrogen-bond donors (Lipinski definition) is 1. The average Bonchev–Trinajstić information content (AvgIpc) is 2.54. The monoisotopic (exact) mass is 293 g/mol. The standard InChI is InChI=1S/C17H27NO3/c1-3-9-18-12-15-5-4-6-16(19-2)17(15)21-13-14-7-10-20-11-8-14/h4-6,14,18H,3,7-13H2,1-2H3. The Morgan fingerprint density at radius 1 is 1.29 bits per heavy atom. The SMILES string of the molecule is CCCNCc1cccc(OC)c1OCC1CCOCC1. The third-order valence-corrected chi connectivity index (χ3v) is 3.83. The third-order valence-electron chi connectivity index (χ3n) is 3.83. The molecule has 1 aromatic carbocycles. The van der Waals surface area contributed by atoms with Gasteiger partial charge in [0.05, 0.1) is 13.7 Å². The molecule has 1 fully saturated rings. The Balaban J connectivity index is 1.99. The number of benzene rings is 1. The van der Waals surface area contributed by atoms with Crippen LogP contribution in [0.15, 0.2) is 18.2 Å². The molecule has 0 aliphatic carbocycles. The largest absolute Gasteiger partial charge is 0.493 e. The molecular formula is C17H27NO3. The van der Waals surface area contributed by atoms with Crippen molar-refractivity contribution in [2.75, 3.05) is 33.5 Å². The van der Waals surface area contributed by atoms with E-state index < -0.39 is 0 Å². The summed E-state index contributed by atoms with van der Waals surface area (Å²) in [5, 5.41) is 3.43. The highest BCUT2D eigenvalue weighted by Crippen LogP contribution is 2.32. The Morgan fingerprint density at radius 2 is 2.10 bits per heavy atom. The fraction of sp³-hybridized carbons (Fsp3) is 0.647. The zero-order valence-electron chi connectivity index (χ0n) is 13.2. The Hall–Kier alpha value is -1.26. The summed E-state index contributed by atoms with van der Waals surface area (Å²) in [4.78, 5) is 0. The van der Waals surface area contributed by atoms with Gasteiger partial charge in [-0.25, -0.2) is 0 Å². The molecule has 4 heteroatoms. The molecule has 0 bridgehead atoms. The van der Waals surface area contributed by atoms with Gasteiger partial charge in [0, 0.05) is 25.3 Å². The van der Waals surface area contributed by atoms with E-state index in [1.54, 1.807) is 7.11 Å². The third kappa shape index (κ3) is 4.90. The van der Waals surface area contributed by atoms with Gasteiger partial charge in [0.1, 0.15) is 0 Å². The smallest absolute Gasteiger partial charge is 0.165 e. The normalized spacial score (nSPS) is 15.9. The van der Waals surface area contributed by atoms with Gasteiger partial charge in [0.15, 0.2) is 11.5 Å². The van der Waals surface area contributed by atoms with Gasteiger partial charge in [-0.3, -0.25) is 0 Å². The second-order valence-electron chi connectivity index (χ2n) is 5.49. The Morgan fingerprint density at radius 3 is 2.81 bits per heavy atom. The molecule has 1 aliphatic rings. The van der Waals surface area contributed by atoms with E-state index in [0.717, 1.165) is 69.2 Å². The van der Waals surface area contributed by atoms with Crippen LogP contribution in [-0.4, -0.2) is 33.5 Å². The summed E-state index contributed by atoms with van der Waals surface area (Å²) >= 11 is 0. The van der Waals surface area contributed by atoms with Gasteiger partial charge in [0.25, 0.3) is 0 Å². The minimum absolute atomic E-state index is 0.583. The van der Waals surface area contributed by atoms with Crippen molar-refractivity contribution in [3.05, 3.63) is 23.8 Å². The summed E-state index contributed by atoms with van der Waals surface area (Å²) in [5.74, 6) is 2.29. The summed E-state index contributed by atoms with van der Waals surface area (Å²) in [6.45, 7) is 6.44. The fourth-order valence-electron chi connectivity index (χ4n) is 2.54. The lowest BCUT2D eigenvalue weighted by Gasteiger charge is -2.23. The second-order valence-corrected chi connectivity index (χ2v) is 5.49. The van der Waals surface area contributed by atoms with E-state index in [2.05, 4.69) is 18.3 Å². The van der Waals surface area contributed by atoms with Crippen LogP contribution in [0, 0.1) is 5.92 Å². The number of ether oxygens (including phenoxy) is 3. The number of rotatable bonds is 8. The van der Waals surface area contributed by atoms with Crippen molar-refractivity contribution in [2.45, 2.75) is 32.7 Å². The predicted octanol–water partition coefficient (Wildman–Crippen LogP) is 3.00. The van der Waals surface area contributed by atoms with Gasteiger partial charge in [-0.2, -0.15) is 0 Å². The summed E-state index contributed by atoms with van der Waals surface area (Å²) in [6.07, 6.45) is 3.29. The topological polar surface area (TPSA) is 39.7 Å². The summed E-state index contributed by atoms with van der Waals surface area (Å²) in [7, 11) is 1.69. The maximum absolute atomic E-state index is 6.11. The summed E-state index contributed by atoms with van der Waals surface area (Å²) in [5.41, 5.74) is 1.16. The molecule has 4 nitrogen and oxygen atoms in total. The first kappa shape index (κ1) is 16.1. The predicted molar refractivity (Wildman–Crippen MR) is 84.0 cm³/mol. The van der Waals surface area contributed by atoms with E-state index in [9.17, 15) is 0 Å². The van der Waals surface area contributed by atoms with Crippen molar-refractivity contribution in [1.82, 2.24) is 5.32 Å². The lowest BCUT2D eigenvalue weighted by Crippen LogP contribution is -2.22. The summed E-state index contributed by atoms with van der Waals surface area (Å²) < 4.78 is 17.0. The zero-order chi connectivity index (χ0) is 14.9. The van der Waals surface area contributed by atoms with Crippen molar-refractivity contribution >= 4 is 0 Å². The summed E-state index contributed by atoms with van der Waals surface area (Å²) in [6, 6.07) is 6.08. The molecule has 1 N–H and O–H groups in total. The van der Waals surface area contributed by atoms with Gasteiger partial charge in [-0.1, -0.05) is 19.1 Å². The Kier molecular flexibility index (Phi) is 6.83. The van der Waals surface area contributed by atoms with Gasteiger partial charge in [-0.15, -0.1) is 0 Å². The highest BCUT2D eigenvalue weighted by Gasteiger charge is 2.17. The number of para-hydroxylation sites is 1. The van der Waals surface area contributed by atoms with Crippen LogP contribution in [0.25, 0.3) is 0 Å². The molecule has 2 rings (SSSR count). The fourth-order valence-corrected chi connectivity index (χ4v) is 2.54. The molecule has 1 saturated heterocycles. The lowest BCUT2D eigenvalue weighted by atomic mass is 10.0. The van der Waals surface area contributed by atoms with Gasteiger partial charge in [-0.05, 0) is 37.8 Å². The molecule has 0 aromatic heterocycles. The average molecular weight is 293 g/mol. The van der Waals surface area contributed by atoms with E-state index in [0.29, 0.717) is 5.92 Å². The van der Waals surface area contributed by atoms with Crippen LogP contribution in [0.4, 0.5) is 0 Å². The van der Waals surface area contributed by atoms with E-state index >= 15 is 0 Å². The maximum Gasteiger partial charge on any atom is 0.165 e. The van der Waals surface area contributed by atoms with E-state index in [1.807, 2.05) is 12.1 Å². The first-order chi connectivity index (χ1) is 10.3. The van der Waals surface area contributed by atoms with E-state index in [-0.39, 0.29) is 0 Å². The van der Waals surface area contributed by atoms with Gasteiger partial charge >= 0.3 is 0 Å². The molecular weight excluding hydrogens is 266 g/mol. The van der Waals surface area contributed by atoms with E-state index in [4.69, 9.17) is 14.2 Å². The molecule has 0 unspecified atom stereocenters. The van der Waals surface area contributed by atoms with Crippen LogP contribution >= 0.6 is 0 Å². The Bertz CT molecular complexity index is 416. The van der Waals surface area contributed by atoms with Crippen LogP contribution < -0.4 is 14.8 Å². The van der Waals surface area contributed by atoms with Crippen LogP contribution in [0.2, 0.25) is 0 Å².